The van der Waals surface area contributed by atoms with Crippen molar-refractivity contribution in [2.45, 2.75) is 45.3 Å². The van der Waals surface area contributed by atoms with Gasteiger partial charge in [-0.05, 0) is 19.3 Å². The zero-order valence-electron chi connectivity index (χ0n) is 13.9. The predicted molar refractivity (Wildman–Crippen MR) is 83.0 cm³/mol. The van der Waals surface area contributed by atoms with E-state index in [-0.39, 0.29) is 12.1 Å². The van der Waals surface area contributed by atoms with Crippen molar-refractivity contribution < 1.29 is 18.8 Å². The number of urea groups is 1. The highest BCUT2D eigenvalue weighted by Gasteiger charge is 2.23. The van der Waals surface area contributed by atoms with E-state index in [2.05, 4.69) is 15.5 Å². The van der Waals surface area contributed by atoms with Crippen molar-refractivity contribution in [1.29, 1.82) is 0 Å². The van der Waals surface area contributed by atoms with Crippen LogP contribution in [0.5, 0.6) is 0 Å². The molecule has 8 heteroatoms. The van der Waals surface area contributed by atoms with Crippen molar-refractivity contribution in [3.8, 4) is 0 Å². The van der Waals surface area contributed by atoms with Crippen molar-refractivity contribution >= 4 is 6.03 Å². The number of nitrogens with zero attached hydrogens (tertiary/aromatic N) is 3. The Kier molecular flexibility index (Phi) is 7.28. The summed E-state index contributed by atoms with van der Waals surface area (Å²) in [5.41, 5.74) is 0. The Bertz CT molecular complexity index is 472. The van der Waals surface area contributed by atoms with Crippen LogP contribution < -0.4 is 5.32 Å². The quantitative estimate of drug-likeness (QED) is 0.776. The summed E-state index contributed by atoms with van der Waals surface area (Å²) in [4.78, 5) is 18.0. The highest BCUT2D eigenvalue weighted by molar-refractivity contribution is 5.74. The molecule has 2 amide bonds. The number of piperidine rings is 1. The van der Waals surface area contributed by atoms with Crippen molar-refractivity contribution in [3.63, 3.8) is 0 Å². The highest BCUT2D eigenvalue weighted by Crippen LogP contribution is 2.15. The molecule has 0 bridgehead atoms. The second-order valence-corrected chi connectivity index (χ2v) is 5.58. The summed E-state index contributed by atoms with van der Waals surface area (Å²) < 4.78 is 15.9. The summed E-state index contributed by atoms with van der Waals surface area (Å²) in [6, 6.07) is 0.0185. The molecular weight excluding hydrogens is 300 g/mol. The minimum atomic E-state index is 0.0185. The normalized spacial score (nSPS) is 15.8. The highest BCUT2D eigenvalue weighted by atomic mass is 16.5. The van der Waals surface area contributed by atoms with Crippen LogP contribution in [-0.2, 0) is 22.5 Å². The molecule has 1 N–H and O–H groups in total. The monoisotopic (exact) mass is 326 g/mol. The van der Waals surface area contributed by atoms with E-state index in [0.717, 1.165) is 25.8 Å². The largest absolute Gasteiger partial charge is 0.384 e. The molecule has 1 aromatic rings. The number of ether oxygens (including phenoxy) is 2. The minimum absolute atomic E-state index is 0.0185. The fraction of sp³-hybridized carbons (Fsp3) is 0.800. The summed E-state index contributed by atoms with van der Waals surface area (Å²) in [7, 11) is 1.64. The molecule has 1 aliphatic rings. The van der Waals surface area contributed by atoms with E-state index in [1.54, 1.807) is 7.11 Å². The first-order valence-corrected chi connectivity index (χ1v) is 8.17. The van der Waals surface area contributed by atoms with Crippen LogP contribution in [0.15, 0.2) is 4.52 Å². The van der Waals surface area contributed by atoms with E-state index >= 15 is 0 Å². The third-order valence-electron chi connectivity index (χ3n) is 3.74. The molecule has 1 aliphatic heterocycles. The molecule has 23 heavy (non-hydrogen) atoms. The van der Waals surface area contributed by atoms with Gasteiger partial charge in [0.25, 0.3) is 5.89 Å². The lowest BCUT2D eigenvalue weighted by Gasteiger charge is -2.31. The van der Waals surface area contributed by atoms with Gasteiger partial charge in [0.1, 0.15) is 6.61 Å². The fourth-order valence-electron chi connectivity index (χ4n) is 2.40. The Morgan fingerprint density at radius 3 is 2.91 bits per heavy atom. The van der Waals surface area contributed by atoms with Crippen LogP contribution >= 0.6 is 0 Å². The van der Waals surface area contributed by atoms with Gasteiger partial charge in [-0.25, -0.2) is 4.79 Å². The Morgan fingerprint density at radius 1 is 1.43 bits per heavy atom. The standard InChI is InChI=1S/C15H26N4O4/c1-3-7-16-15(20)19-8-4-12(5-9-19)22-11-14-17-13(18-23-14)6-10-21-2/h12H,3-11H2,1-2H3,(H,16,20). The lowest BCUT2D eigenvalue weighted by atomic mass is 10.1. The van der Waals surface area contributed by atoms with Gasteiger partial charge in [0, 0.05) is 33.2 Å². The van der Waals surface area contributed by atoms with Gasteiger partial charge < -0.3 is 24.2 Å². The fourth-order valence-corrected chi connectivity index (χ4v) is 2.40. The average molecular weight is 326 g/mol. The Balaban J connectivity index is 1.66. The molecule has 0 radical (unpaired) electrons. The van der Waals surface area contributed by atoms with Crippen LogP contribution in [-0.4, -0.2) is 60.5 Å². The van der Waals surface area contributed by atoms with Crippen molar-refractivity contribution in [3.05, 3.63) is 11.7 Å². The van der Waals surface area contributed by atoms with Crippen LogP contribution in [0.1, 0.15) is 37.9 Å². The number of hydrogen-bond acceptors (Lipinski definition) is 6. The lowest BCUT2D eigenvalue weighted by molar-refractivity contribution is -0.00609. The summed E-state index contributed by atoms with van der Waals surface area (Å²) in [6.45, 7) is 5.06. The second-order valence-electron chi connectivity index (χ2n) is 5.58. The number of amides is 2. The van der Waals surface area contributed by atoms with E-state index in [0.29, 0.717) is 44.4 Å². The Morgan fingerprint density at radius 2 is 2.22 bits per heavy atom. The van der Waals surface area contributed by atoms with Gasteiger partial charge in [-0.3, -0.25) is 0 Å². The predicted octanol–water partition coefficient (Wildman–Crippen LogP) is 1.36. The third kappa shape index (κ3) is 5.80. The van der Waals surface area contributed by atoms with Gasteiger partial charge in [-0.2, -0.15) is 4.98 Å². The summed E-state index contributed by atoms with van der Waals surface area (Å²) in [5.74, 6) is 1.12. The average Bonchev–Trinajstić information content (AvgIpc) is 3.04. The SMILES string of the molecule is CCCNC(=O)N1CCC(OCc2nc(CCOC)no2)CC1. The molecule has 8 nitrogen and oxygen atoms in total. The van der Waals surface area contributed by atoms with E-state index in [1.807, 2.05) is 11.8 Å². The van der Waals surface area contributed by atoms with Crippen molar-refractivity contribution in [2.75, 3.05) is 33.4 Å². The first-order chi connectivity index (χ1) is 11.2. The molecule has 0 saturated carbocycles. The third-order valence-corrected chi connectivity index (χ3v) is 3.74. The number of likely N-dealkylation sites (tertiary alicyclic amines) is 1. The second kappa shape index (κ2) is 9.46. The van der Waals surface area contributed by atoms with Gasteiger partial charge >= 0.3 is 6.03 Å². The van der Waals surface area contributed by atoms with Crippen molar-refractivity contribution in [1.82, 2.24) is 20.4 Å². The minimum Gasteiger partial charge on any atom is -0.384 e. The number of methoxy groups -OCH3 is 1. The first kappa shape index (κ1) is 17.7. The molecule has 1 fully saturated rings. The molecule has 2 rings (SSSR count). The molecule has 1 saturated heterocycles. The van der Waals surface area contributed by atoms with Crippen LogP contribution in [0.4, 0.5) is 4.79 Å². The van der Waals surface area contributed by atoms with Gasteiger partial charge in [0.2, 0.25) is 0 Å². The number of aromatic nitrogens is 2. The van der Waals surface area contributed by atoms with Crippen molar-refractivity contribution in [2.24, 2.45) is 0 Å². The lowest BCUT2D eigenvalue weighted by Crippen LogP contribution is -2.46. The molecule has 0 aliphatic carbocycles. The zero-order valence-corrected chi connectivity index (χ0v) is 13.9. The number of hydrogen-bond donors (Lipinski definition) is 1. The first-order valence-electron chi connectivity index (χ1n) is 8.17. The molecule has 2 heterocycles. The van der Waals surface area contributed by atoms with Crippen LogP contribution in [0.3, 0.4) is 0 Å². The number of rotatable bonds is 8. The molecule has 0 aromatic carbocycles. The maximum absolute atomic E-state index is 11.9. The van der Waals surface area contributed by atoms with Crippen LogP contribution in [0, 0.1) is 0 Å². The molecule has 0 unspecified atom stereocenters. The number of nitrogens with one attached hydrogen (secondary N) is 1. The van der Waals surface area contributed by atoms with Gasteiger partial charge in [-0.1, -0.05) is 12.1 Å². The summed E-state index contributed by atoms with van der Waals surface area (Å²) >= 11 is 0. The molecule has 130 valence electrons. The van der Waals surface area contributed by atoms with Crippen LogP contribution in [0.25, 0.3) is 0 Å². The van der Waals surface area contributed by atoms with Gasteiger partial charge in [0.05, 0.1) is 12.7 Å². The van der Waals surface area contributed by atoms with E-state index < -0.39 is 0 Å². The maximum Gasteiger partial charge on any atom is 0.317 e. The Hall–Kier alpha value is -1.67. The van der Waals surface area contributed by atoms with E-state index in [9.17, 15) is 4.79 Å². The molecule has 0 atom stereocenters. The topological polar surface area (TPSA) is 89.7 Å². The van der Waals surface area contributed by atoms with Gasteiger partial charge in [0.15, 0.2) is 5.82 Å². The smallest absolute Gasteiger partial charge is 0.317 e. The molecular formula is C15H26N4O4. The summed E-state index contributed by atoms with van der Waals surface area (Å²) in [6.07, 6.45) is 3.35. The number of carbonyl (C=O) groups excluding carboxylic acids is 1. The maximum atomic E-state index is 11.9. The van der Waals surface area contributed by atoms with Gasteiger partial charge in [-0.15, -0.1) is 0 Å². The summed E-state index contributed by atoms with van der Waals surface area (Å²) in [5, 5.41) is 6.77. The zero-order chi connectivity index (χ0) is 16.5. The molecule has 0 spiro atoms. The Labute approximate surface area is 136 Å². The van der Waals surface area contributed by atoms with Crippen LogP contribution in [0.2, 0.25) is 0 Å². The van der Waals surface area contributed by atoms with E-state index in [1.165, 1.54) is 0 Å². The molecule has 1 aromatic heterocycles. The number of carbonyl (C=O) groups is 1. The van der Waals surface area contributed by atoms with E-state index in [4.69, 9.17) is 14.0 Å².